The Morgan fingerprint density at radius 3 is 2.44 bits per heavy atom. The summed E-state index contributed by atoms with van der Waals surface area (Å²) in [7, 11) is 0. The van der Waals surface area contributed by atoms with Crippen molar-refractivity contribution in [1.29, 1.82) is 0 Å². The third-order valence-electron chi connectivity index (χ3n) is 5.71. The second-order valence-electron chi connectivity index (χ2n) is 7.39. The molecule has 2 heterocycles. The van der Waals surface area contributed by atoms with Crippen molar-refractivity contribution in [1.82, 2.24) is 14.7 Å². The van der Waals surface area contributed by atoms with Crippen LogP contribution in [0.2, 0.25) is 0 Å². The fraction of sp³-hybridized carbons (Fsp3) is 0.381. The van der Waals surface area contributed by atoms with Crippen LogP contribution in [-0.2, 0) is 6.54 Å². The lowest BCUT2D eigenvalue weighted by atomic mass is 9.98. The Bertz CT molecular complexity index is 1220. The SMILES string of the molecule is CCOc1ccc2c(c1)-c1nn(CCN(CC)CC)c3c([N+](=O)[O-])cc([N+](=O)[O-])c(c13)N2. The number of nitrogens with one attached hydrogen (secondary N) is 1. The van der Waals surface area contributed by atoms with Gasteiger partial charge in [0.25, 0.3) is 5.69 Å². The van der Waals surface area contributed by atoms with Crippen LogP contribution in [0.3, 0.4) is 0 Å². The number of anilines is 2. The summed E-state index contributed by atoms with van der Waals surface area (Å²) in [5.74, 6) is 0.627. The minimum absolute atomic E-state index is 0.219. The maximum atomic E-state index is 11.9. The van der Waals surface area contributed by atoms with Crippen LogP contribution in [0.1, 0.15) is 20.8 Å². The van der Waals surface area contributed by atoms with Gasteiger partial charge in [0.2, 0.25) is 0 Å². The molecule has 3 aromatic rings. The Hall–Kier alpha value is -3.73. The summed E-state index contributed by atoms with van der Waals surface area (Å²) in [6.07, 6.45) is 0. The summed E-state index contributed by atoms with van der Waals surface area (Å²) in [4.78, 5) is 24.7. The highest BCUT2D eigenvalue weighted by Gasteiger charge is 2.35. The van der Waals surface area contributed by atoms with Crippen LogP contribution in [0.5, 0.6) is 5.75 Å². The van der Waals surface area contributed by atoms with Crippen molar-refractivity contribution in [2.75, 3.05) is 31.6 Å². The van der Waals surface area contributed by atoms with E-state index in [-0.39, 0.29) is 22.6 Å². The molecule has 0 unspecified atom stereocenters. The van der Waals surface area contributed by atoms with Crippen molar-refractivity contribution in [3.63, 3.8) is 0 Å². The normalized spacial score (nSPS) is 12.0. The van der Waals surface area contributed by atoms with E-state index in [0.29, 0.717) is 47.8 Å². The highest BCUT2D eigenvalue weighted by Crippen LogP contribution is 2.50. The highest BCUT2D eigenvalue weighted by molar-refractivity contribution is 6.14. The van der Waals surface area contributed by atoms with Crippen LogP contribution in [0, 0.1) is 20.2 Å². The number of non-ortho nitro benzene ring substituents is 1. The Morgan fingerprint density at radius 2 is 1.81 bits per heavy atom. The predicted octanol–water partition coefficient (Wildman–Crippen LogP) is 4.32. The maximum absolute atomic E-state index is 11.9. The number of nitro benzene ring substituents is 2. The second-order valence-corrected chi connectivity index (χ2v) is 7.39. The molecular formula is C21H24N6O5. The molecule has 0 fully saturated rings. The van der Waals surface area contributed by atoms with E-state index >= 15 is 0 Å². The molecule has 1 N–H and O–H groups in total. The van der Waals surface area contributed by atoms with Gasteiger partial charge in [-0.2, -0.15) is 5.10 Å². The molecule has 0 amide bonds. The fourth-order valence-corrected chi connectivity index (χ4v) is 4.11. The molecule has 11 heteroatoms. The van der Waals surface area contributed by atoms with Gasteiger partial charge in [0.05, 0.1) is 34.5 Å². The summed E-state index contributed by atoms with van der Waals surface area (Å²) < 4.78 is 7.20. The van der Waals surface area contributed by atoms with Crippen molar-refractivity contribution in [3.8, 4) is 17.0 Å². The lowest BCUT2D eigenvalue weighted by Crippen LogP contribution is -2.27. The van der Waals surface area contributed by atoms with Gasteiger partial charge in [-0.05, 0) is 38.2 Å². The number of fused-ring (bicyclic) bond motifs is 2. The monoisotopic (exact) mass is 440 g/mol. The molecule has 11 nitrogen and oxygen atoms in total. The van der Waals surface area contributed by atoms with Gasteiger partial charge in [0.1, 0.15) is 22.6 Å². The summed E-state index contributed by atoms with van der Waals surface area (Å²) in [5.41, 5.74) is 1.59. The molecule has 168 valence electrons. The summed E-state index contributed by atoms with van der Waals surface area (Å²) in [6, 6.07) is 6.36. The zero-order valence-corrected chi connectivity index (χ0v) is 18.1. The molecule has 32 heavy (non-hydrogen) atoms. The summed E-state index contributed by atoms with van der Waals surface area (Å²) in [5, 5.41) is 31.9. The van der Waals surface area contributed by atoms with Gasteiger partial charge >= 0.3 is 5.69 Å². The van der Waals surface area contributed by atoms with Gasteiger partial charge in [-0.25, -0.2) is 0 Å². The molecule has 0 saturated carbocycles. The highest BCUT2D eigenvalue weighted by atomic mass is 16.6. The van der Waals surface area contributed by atoms with Crippen LogP contribution in [0.4, 0.5) is 22.7 Å². The maximum Gasteiger partial charge on any atom is 0.302 e. The molecule has 1 aliphatic rings. The topological polar surface area (TPSA) is 129 Å². The van der Waals surface area contributed by atoms with E-state index in [1.807, 2.05) is 20.8 Å². The van der Waals surface area contributed by atoms with Crippen molar-refractivity contribution in [3.05, 3.63) is 44.5 Å². The molecule has 0 atom stereocenters. The van der Waals surface area contributed by atoms with E-state index in [1.54, 1.807) is 22.9 Å². The standard InChI is InChI=1S/C21H24N6O5/c1-4-24(5-2)9-10-25-21-17(27(30)31)12-16(26(28)29)20-18(21)19(23-25)14-11-13(32-6-3)7-8-15(14)22-20/h7-8,11-12,22H,4-6,9-10H2,1-3H3. The summed E-state index contributed by atoms with van der Waals surface area (Å²) >= 11 is 0. The number of hydrogen-bond donors (Lipinski definition) is 1. The first kappa shape index (κ1) is 21.5. The molecule has 0 radical (unpaired) electrons. The molecule has 1 aliphatic heterocycles. The van der Waals surface area contributed by atoms with E-state index in [9.17, 15) is 20.2 Å². The third kappa shape index (κ3) is 3.50. The van der Waals surface area contributed by atoms with Gasteiger partial charge < -0.3 is 15.0 Å². The lowest BCUT2D eigenvalue weighted by Gasteiger charge is -2.18. The molecule has 0 aliphatic carbocycles. The molecule has 2 aromatic carbocycles. The Morgan fingerprint density at radius 1 is 1.09 bits per heavy atom. The first-order valence-electron chi connectivity index (χ1n) is 10.5. The molecular weight excluding hydrogens is 416 g/mol. The zero-order chi connectivity index (χ0) is 23.0. The average Bonchev–Trinajstić information content (AvgIpc) is 3.15. The number of benzene rings is 2. The van der Waals surface area contributed by atoms with Crippen LogP contribution in [-0.4, -0.2) is 50.8 Å². The van der Waals surface area contributed by atoms with Crippen LogP contribution >= 0.6 is 0 Å². The van der Waals surface area contributed by atoms with Crippen LogP contribution in [0.15, 0.2) is 24.3 Å². The van der Waals surface area contributed by atoms with Gasteiger partial charge in [0.15, 0.2) is 0 Å². The van der Waals surface area contributed by atoms with Crippen molar-refractivity contribution in [2.45, 2.75) is 27.3 Å². The second kappa shape index (κ2) is 8.42. The molecule has 0 bridgehead atoms. The minimum atomic E-state index is -0.606. The quantitative estimate of drug-likeness (QED) is 0.301. The Labute approximate surface area is 183 Å². The van der Waals surface area contributed by atoms with Gasteiger partial charge in [-0.15, -0.1) is 0 Å². The number of nitro groups is 2. The van der Waals surface area contributed by atoms with Crippen LogP contribution < -0.4 is 10.1 Å². The number of hydrogen-bond acceptors (Lipinski definition) is 8. The van der Waals surface area contributed by atoms with E-state index in [4.69, 9.17) is 9.84 Å². The van der Waals surface area contributed by atoms with Crippen molar-refractivity contribution >= 4 is 33.7 Å². The van der Waals surface area contributed by atoms with E-state index < -0.39 is 9.85 Å². The molecule has 4 rings (SSSR count). The smallest absolute Gasteiger partial charge is 0.302 e. The first-order chi connectivity index (χ1) is 15.4. The predicted molar refractivity (Wildman–Crippen MR) is 121 cm³/mol. The largest absolute Gasteiger partial charge is 0.494 e. The number of rotatable bonds is 9. The number of ether oxygens (including phenoxy) is 1. The molecule has 0 saturated heterocycles. The third-order valence-corrected chi connectivity index (χ3v) is 5.71. The number of likely N-dealkylation sites (N-methyl/N-ethyl adjacent to an activating group) is 1. The van der Waals surface area contributed by atoms with E-state index in [2.05, 4.69) is 10.2 Å². The van der Waals surface area contributed by atoms with Crippen molar-refractivity contribution in [2.24, 2.45) is 0 Å². The number of nitrogens with zero attached hydrogens (tertiary/aromatic N) is 5. The number of aromatic nitrogens is 2. The van der Waals surface area contributed by atoms with E-state index in [0.717, 1.165) is 19.2 Å². The minimum Gasteiger partial charge on any atom is -0.494 e. The Kier molecular flexibility index (Phi) is 5.66. The fourth-order valence-electron chi connectivity index (χ4n) is 4.11. The molecule has 0 spiro atoms. The zero-order valence-electron chi connectivity index (χ0n) is 18.1. The van der Waals surface area contributed by atoms with E-state index in [1.165, 1.54) is 0 Å². The molecule has 1 aromatic heterocycles. The lowest BCUT2D eigenvalue weighted by molar-refractivity contribution is -0.392. The van der Waals surface area contributed by atoms with Gasteiger partial charge in [-0.1, -0.05) is 13.8 Å². The van der Waals surface area contributed by atoms with Gasteiger partial charge in [0, 0.05) is 17.8 Å². The first-order valence-corrected chi connectivity index (χ1v) is 10.5. The van der Waals surface area contributed by atoms with Gasteiger partial charge in [-0.3, -0.25) is 24.9 Å². The van der Waals surface area contributed by atoms with Crippen molar-refractivity contribution < 1.29 is 14.6 Å². The summed E-state index contributed by atoms with van der Waals surface area (Å²) in [6.45, 7) is 9.18. The average molecular weight is 440 g/mol. The Balaban J connectivity index is 2.00. The van der Waals surface area contributed by atoms with Crippen LogP contribution in [0.25, 0.3) is 22.2 Å².